The fourth-order valence-electron chi connectivity index (χ4n) is 2.01. The Balaban J connectivity index is 1.73. The minimum absolute atomic E-state index is 0.374. The van der Waals surface area contributed by atoms with Crippen molar-refractivity contribution in [2.75, 3.05) is 6.54 Å². The van der Waals surface area contributed by atoms with Crippen molar-refractivity contribution in [3.63, 3.8) is 0 Å². The van der Waals surface area contributed by atoms with Crippen LogP contribution in [0.1, 0.15) is 31.2 Å². The number of nitrogens with one attached hydrogen (secondary N) is 1. The zero-order valence-corrected chi connectivity index (χ0v) is 11.0. The summed E-state index contributed by atoms with van der Waals surface area (Å²) < 4.78 is 1.01. The molecule has 0 heterocycles. The van der Waals surface area contributed by atoms with Crippen LogP contribution in [0, 0.1) is 5.92 Å². The van der Waals surface area contributed by atoms with Gasteiger partial charge < -0.3 is 10.4 Å². The standard InChI is InChI=1S/C13H18BrNO/c14-12-4-5-13(16)11(8-12)9-15-7-6-10-2-1-3-10/h4-5,8,10,15-16H,1-3,6-7,9H2. The molecule has 1 fully saturated rings. The van der Waals surface area contributed by atoms with Gasteiger partial charge in [0.25, 0.3) is 0 Å². The Kier molecular flexibility index (Phi) is 4.24. The summed E-state index contributed by atoms with van der Waals surface area (Å²) in [6.07, 6.45) is 5.50. The summed E-state index contributed by atoms with van der Waals surface area (Å²) in [4.78, 5) is 0. The number of phenolic OH excluding ortho intramolecular Hbond substituents is 1. The van der Waals surface area contributed by atoms with Gasteiger partial charge in [0.05, 0.1) is 0 Å². The Morgan fingerprint density at radius 3 is 2.88 bits per heavy atom. The number of rotatable bonds is 5. The number of hydrogen-bond acceptors (Lipinski definition) is 2. The van der Waals surface area contributed by atoms with E-state index < -0.39 is 0 Å². The largest absolute Gasteiger partial charge is 0.508 e. The molecule has 0 aromatic heterocycles. The van der Waals surface area contributed by atoms with E-state index in [0.717, 1.165) is 29.0 Å². The lowest BCUT2D eigenvalue weighted by molar-refractivity contribution is 0.292. The van der Waals surface area contributed by atoms with Crippen LogP contribution in [0.3, 0.4) is 0 Å². The second-order valence-electron chi connectivity index (χ2n) is 4.54. The second kappa shape index (κ2) is 5.69. The quantitative estimate of drug-likeness (QED) is 0.812. The molecule has 0 bridgehead atoms. The lowest BCUT2D eigenvalue weighted by atomic mass is 9.83. The monoisotopic (exact) mass is 283 g/mol. The van der Waals surface area contributed by atoms with Crippen molar-refractivity contribution in [2.24, 2.45) is 5.92 Å². The maximum absolute atomic E-state index is 9.64. The molecular formula is C13H18BrNO. The van der Waals surface area contributed by atoms with Crippen molar-refractivity contribution >= 4 is 15.9 Å². The van der Waals surface area contributed by atoms with Gasteiger partial charge in [-0.05, 0) is 37.1 Å². The molecule has 0 aliphatic heterocycles. The normalized spacial score (nSPS) is 16.1. The molecule has 0 radical (unpaired) electrons. The van der Waals surface area contributed by atoms with Crippen molar-refractivity contribution in [3.05, 3.63) is 28.2 Å². The Bertz CT molecular complexity index is 350. The number of aromatic hydroxyl groups is 1. The van der Waals surface area contributed by atoms with E-state index in [1.54, 1.807) is 6.07 Å². The number of phenols is 1. The Hall–Kier alpha value is -0.540. The smallest absolute Gasteiger partial charge is 0.120 e. The van der Waals surface area contributed by atoms with Gasteiger partial charge >= 0.3 is 0 Å². The van der Waals surface area contributed by atoms with E-state index in [1.807, 2.05) is 12.1 Å². The summed E-state index contributed by atoms with van der Waals surface area (Å²) in [5.74, 6) is 1.32. The molecule has 1 aliphatic carbocycles. The molecule has 0 spiro atoms. The van der Waals surface area contributed by atoms with Crippen LogP contribution in [0.4, 0.5) is 0 Å². The fraction of sp³-hybridized carbons (Fsp3) is 0.538. The van der Waals surface area contributed by atoms with Gasteiger partial charge in [-0.2, -0.15) is 0 Å². The molecule has 0 saturated heterocycles. The summed E-state index contributed by atoms with van der Waals surface area (Å²) in [5, 5.41) is 13.0. The van der Waals surface area contributed by atoms with Crippen LogP contribution < -0.4 is 5.32 Å². The molecule has 1 aromatic carbocycles. The van der Waals surface area contributed by atoms with Gasteiger partial charge in [0.1, 0.15) is 5.75 Å². The van der Waals surface area contributed by atoms with E-state index in [4.69, 9.17) is 0 Å². The molecule has 1 aliphatic rings. The van der Waals surface area contributed by atoms with E-state index >= 15 is 0 Å². The lowest BCUT2D eigenvalue weighted by Gasteiger charge is -2.25. The van der Waals surface area contributed by atoms with Gasteiger partial charge in [-0.25, -0.2) is 0 Å². The minimum atomic E-state index is 0.374. The molecule has 1 saturated carbocycles. The first kappa shape index (κ1) is 11.9. The van der Waals surface area contributed by atoms with E-state index in [1.165, 1.54) is 25.7 Å². The van der Waals surface area contributed by atoms with Crippen LogP contribution >= 0.6 is 15.9 Å². The highest BCUT2D eigenvalue weighted by Crippen LogP contribution is 2.28. The fourth-order valence-corrected chi connectivity index (χ4v) is 2.41. The summed E-state index contributed by atoms with van der Waals surface area (Å²) in [6.45, 7) is 1.80. The minimum Gasteiger partial charge on any atom is -0.508 e. The zero-order valence-electron chi connectivity index (χ0n) is 9.38. The van der Waals surface area contributed by atoms with E-state index in [-0.39, 0.29) is 0 Å². The van der Waals surface area contributed by atoms with Crippen LogP contribution in [0.5, 0.6) is 5.75 Å². The van der Waals surface area contributed by atoms with Gasteiger partial charge in [-0.15, -0.1) is 0 Å². The number of benzene rings is 1. The molecule has 0 amide bonds. The van der Waals surface area contributed by atoms with Crippen molar-refractivity contribution in [2.45, 2.75) is 32.2 Å². The summed E-state index contributed by atoms with van der Waals surface area (Å²) in [5.41, 5.74) is 0.961. The second-order valence-corrected chi connectivity index (χ2v) is 5.45. The lowest BCUT2D eigenvalue weighted by Crippen LogP contribution is -2.21. The third-order valence-electron chi connectivity index (χ3n) is 3.31. The molecule has 16 heavy (non-hydrogen) atoms. The molecule has 0 unspecified atom stereocenters. The maximum Gasteiger partial charge on any atom is 0.120 e. The van der Waals surface area contributed by atoms with Crippen molar-refractivity contribution < 1.29 is 5.11 Å². The van der Waals surface area contributed by atoms with E-state index in [0.29, 0.717) is 5.75 Å². The summed E-state index contributed by atoms with van der Waals surface area (Å²) >= 11 is 3.41. The number of halogens is 1. The molecule has 2 rings (SSSR count). The van der Waals surface area contributed by atoms with Crippen molar-refractivity contribution in [3.8, 4) is 5.75 Å². The van der Waals surface area contributed by atoms with Crippen LogP contribution in [0.25, 0.3) is 0 Å². The van der Waals surface area contributed by atoms with Crippen molar-refractivity contribution in [1.82, 2.24) is 5.32 Å². The molecule has 3 heteroatoms. The Morgan fingerprint density at radius 1 is 1.38 bits per heavy atom. The zero-order chi connectivity index (χ0) is 11.4. The third-order valence-corrected chi connectivity index (χ3v) is 3.80. The first-order valence-corrected chi connectivity index (χ1v) is 6.73. The molecule has 0 atom stereocenters. The average Bonchev–Trinajstić information content (AvgIpc) is 2.20. The first-order chi connectivity index (χ1) is 7.75. The van der Waals surface area contributed by atoms with Crippen LogP contribution in [-0.2, 0) is 6.54 Å². The molecule has 2 nitrogen and oxygen atoms in total. The highest BCUT2D eigenvalue weighted by molar-refractivity contribution is 9.10. The van der Waals surface area contributed by atoms with Gasteiger partial charge in [0.15, 0.2) is 0 Å². The Morgan fingerprint density at radius 2 is 2.19 bits per heavy atom. The predicted octanol–water partition coefficient (Wildman–Crippen LogP) is 3.43. The maximum atomic E-state index is 9.64. The predicted molar refractivity (Wildman–Crippen MR) is 69.5 cm³/mol. The molecule has 88 valence electrons. The van der Waals surface area contributed by atoms with Gasteiger partial charge in [0.2, 0.25) is 0 Å². The van der Waals surface area contributed by atoms with E-state index in [9.17, 15) is 5.11 Å². The number of hydrogen-bond donors (Lipinski definition) is 2. The van der Waals surface area contributed by atoms with Gasteiger partial charge in [-0.1, -0.05) is 35.2 Å². The average molecular weight is 284 g/mol. The van der Waals surface area contributed by atoms with E-state index in [2.05, 4.69) is 21.2 Å². The molecule has 2 N–H and O–H groups in total. The summed E-state index contributed by atoms with van der Waals surface area (Å²) in [6, 6.07) is 5.55. The highest BCUT2D eigenvalue weighted by Gasteiger charge is 2.16. The third kappa shape index (κ3) is 3.22. The molecule has 1 aromatic rings. The summed E-state index contributed by atoms with van der Waals surface area (Å²) in [7, 11) is 0. The topological polar surface area (TPSA) is 32.3 Å². The highest BCUT2D eigenvalue weighted by atomic mass is 79.9. The van der Waals surface area contributed by atoms with Crippen LogP contribution in [0.15, 0.2) is 22.7 Å². The van der Waals surface area contributed by atoms with Gasteiger partial charge in [-0.3, -0.25) is 0 Å². The van der Waals surface area contributed by atoms with Gasteiger partial charge in [0, 0.05) is 16.6 Å². The SMILES string of the molecule is Oc1ccc(Br)cc1CNCCC1CCC1. The molecular weight excluding hydrogens is 266 g/mol. The Labute approximate surface area is 105 Å². The van der Waals surface area contributed by atoms with Crippen LogP contribution in [0.2, 0.25) is 0 Å². The van der Waals surface area contributed by atoms with Crippen LogP contribution in [-0.4, -0.2) is 11.7 Å². The first-order valence-electron chi connectivity index (χ1n) is 5.94. The van der Waals surface area contributed by atoms with Crippen molar-refractivity contribution in [1.29, 1.82) is 0 Å².